The van der Waals surface area contributed by atoms with E-state index in [1.165, 1.54) is 9.80 Å². The molecule has 0 spiro atoms. The molecule has 0 aliphatic carbocycles. The smallest absolute Gasteiger partial charge is 0.410 e. The van der Waals surface area contributed by atoms with Crippen LogP contribution in [0.4, 0.5) is 4.79 Å². The second-order valence-electron chi connectivity index (χ2n) is 8.52. The van der Waals surface area contributed by atoms with Gasteiger partial charge in [0.25, 0.3) is 0 Å². The van der Waals surface area contributed by atoms with Crippen molar-refractivity contribution in [1.29, 1.82) is 0 Å². The summed E-state index contributed by atoms with van der Waals surface area (Å²) in [5.74, 6) is -0.603. The lowest BCUT2D eigenvalue weighted by molar-refractivity contribution is -0.148. The molecule has 3 amide bonds. The Hall–Kier alpha value is -3.35. The number of nitrogens with two attached hydrogens (primary N) is 1. The monoisotopic (exact) mass is 437 g/mol. The fourth-order valence-corrected chi connectivity index (χ4v) is 4.01. The third kappa shape index (κ3) is 5.87. The average Bonchev–Trinajstić information content (AvgIpc) is 2.78. The summed E-state index contributed by atoms with van der Waals surface area (Å²) in [6, 6.07) is 17.5. The molecule has 7 heteroatoms. The molecule has 0 aromatic heterocycles. The van der Waals surface area contributed by atoms with E-state index in [4.69, 9.17) is 10.5 Å². The van der Waals surface area contributed by atoms with E-state index in [0.717, 1.165) is 11.1 Å². The van der Waals surface area contributed by atoms with Gasteiger partial charge in [-0.3, -0.25) is 14.5 Å². The van der Waals surface area contributed by atoms with E-state index in [9.17, 15) is 14.4 Å². The minimum Gasteiger partial charge on any atom is -0.445 e. The second kappa shape index (κ2) is 10.8. The molecule has 1 saturated heterocycles. The maximum absolute atomic E-state index is 13.5. The Labute approximate surface area is 189 Å². The number of benzene rings is 2. The van der Waals surface area contributed by atoms with E-state index in [1.54, 1.807) is 0 Å². The highest BCUT2D eigenvalue weighted by Gasteiger charge is 2.42. The summed E-state index contributed by atoms with van der Waals surface area (Å²) in [6.45, 7) is 4.62. The van der Waals surface area contributed by atoms with Crippen molar-refractivity contribution in [2.45, 2.75) is 45.4 Å². The lowest BCUT2D eigenvalue weighted by Gasteiger charge is -2.42. The summed E-state index contributed by atoms with van der Waals surface area (Å²) in [4.78, 5) is 41.6. The Kier molecular flexibility index (Phi) is 7.87. The number of nitrogens with zero attached hydrogens (tertiary/aromatic N) is 2. The van der Waals surface area contributed by atoms with Crippen molar-refractivity contribution >= 4 is 17.9 Å². The van der Waals surface area contributed by atoms with E-state index >= 15 is 0 Å². The van der Waals surface area contributed by atoms with Crippen molar-refractivity contribution in [3.05, 3.63) is 71.8 Å². The number of piperazine rings is 1. The maximum atomic E-state index is 13.5. The van der Waals surface area contributed by atoms with Crippen LogP contribution >= 0.6 is 0 Å². The summed E-state index contributed by atoms with van der Waals surface area (Å²) in [6.07, 6.45) is 0.281. The third-order valence-electron chi connectivity index (χ3n) is 5.64. The predicted molar refractivity (Wildman–Crippen MR) is 121 cm³/mol. The van der Waals surface area contributed by atoms with Crippen LogP contribution in [0.1, 0.15) is 31.4 Å². The van der Waals surface area contributed by atoms with Crippen molar-refractivity contribution < 1.29 is 19.1 Å². The number of rotatable bonds is 8. The van der Waals surface area contributed by atoms with Crippen LogP contribution in [-0.4, -0.2) is 52.9 Å². The van der Waals surface area contributed by atoms with Crippen molar-refractivity contribution in [1.82, 2.24) is 9.80 Å². The molecule has 0 saturated carbocycles. The van der Waals surface area contributed by atoms with Gasteiger partial charge in [0, 0.05) is 19.5 Å². The SMILES string of the molecule is CC(C)C[C@@H](C(N)=O)N1CCN(C(=O)OCc2ccccc2)[C@@H](Cc2ccccc2)C1=O. The van der Waals surface area contributed by atoms with E-state index < -0.39 is 24.1 Å². The highest BCUT2D eigenvalue weighted by molar-refractivity contribution is 5.92. The molecule has 2 aromatic rings. The number of primary amides is 1. The molecular formula is C25H31N3O4. The van der Waals surface area contributed by atoms with Crippen LogP contribution < -0.4 is 5.73 Å². The highest BCUT2D eigenvalue weighted by Crippen LogP contribution is 2.22. The fourth-order valence-electron chi connectivity index (χ4n) is 4.01. The first-order valence-electron chi connectivity index (χ1n) is 11.0. The normalized spacial score (nSPS) is 17.3. The van der Waals surface area contributed by atoms with Crippen LogP contribution in [0.5, 0.6) is 0 Å². The summed E-state index contributed by atoms with van der Waals surface area (Å²) < 4.78 is 5.52. The Morgan fingerprint density at radius 3 is 2.16 bits per heavy atom. The summed E-state index contributed by atoms with van der Waals surface area (Å²) in [5.41, 5.74) is 7.44. The highest BCUT2D eigenvalue weighted by atomic mass is 16.6. The molecule has 170 valence electrons. The largest absolute Gasteiger partial charge is 0.445 e. The molecule has 7 nitrogen and oxygen atoms in total. The van der Waals surface area contributed by atoms with Crippen LogP contribution in [0.15, 0.2) is 60.7 Å². The van der Waals surface area contributed by atoms with Gasteiger partial charge in [-0.05, 0) is 23.5 Å². The van der Waals surface area contributed by atoms with Gasteiger partial charge >= 0.3 is 6.09 Å². The van der Waals surface area contributed by atoms with Gasteiger partial charge in [-0.1, -0.05) is 74.5 Å². The first kappa shape index (κ1) is 23.3. The van der Waals surface area contributed by atoms with E-state index in [2.05, 4.69) is 0 Å². The van der Waals surface area contributed by atoms with Gasteiger partial charge in [0.05, 0.1) is 0 Å². The number of amides is 3. The molecule has 1 fully saturated rings. The number of hydrogen-bond donors (Lipinski definition) is 1. The Balaban J connectivity index is 1.80. The second-order valence-corrected chi connectivity index (χ2v) is 8.52. The quantitative estimate of drug-likeness (QED) is 0.687. The van der Waals surface area contributed by atoms with Crippen LogP contribution in [-0.2, 0) is 27.4 Å². The van der Waals surface area contributed by atoms with Gasteiger partial charge in [0.1, 0.15) is 18.7 Å². The molecule has 0 bridgehead atoms. The van der Waals surface area contributed by atoms with Crippen LogP contribution in [0.3, 0.4) is 0 Å². The van der Waals surface area contributed by atoms with Gasteiger partial charge in [0.15, 0.2) is 0 Å². The molecule has 1 heterocycles. The topological polar surface area (TPSA) is 92.9 Å². The Bertz CT molecular complexity index is 917. The molecule has 2 aromatic carbocycles. The molecule has 0 radical (unpaired) electrons. The van der Waals surface area contributed by atoms with Gasteiger partial charge in [-0.15, -0.1) is 0 Å². The molecule has 32 heavy (non-hydrogen) atoms. The third-order valence-corrected chi connectivity index (χ3v) is 5.64. The number of carbonyl (C=O) groups is 3. The first-order chi connectivity index (χ1) is 15.4. The van der Waals surface area contributed by atoms with Gasteiger partial charge < -0.3 is 15.4 Å². The van der Waals surface area contributed by atoms with Gasteiger partial charge in [0.2, 0.25) is 11.8 Å². The van der Waals surface area contributed by atoms with E-state index in [-0.39, 0.29) is 31.5 Å². The number of ether oxygens (including phenoxy) is 1. The minimum absolute atomic E-state index is 0.128. The molecule has 2 N–H and O–H groups in total. The van der Waals surface area contributed by atoms with Gasteiger partial charge in [-0.2, -0.15) is 0 Å². The standard InChI is InChI=1S/C25H31N3O4/c1-18(2)15-21(23(26)29)27-13-14-28(25(31)32-17-20-11-7-4-8-12-20)22(24(27)30)16-19-9-5-3-6-10-19/h3-12,18,21-22H,13-17H2,1-2H3,(H2,26,29)/t21-,22-/m0/s1. The zero-order valence-corrected chi connectivity index (χ0v) is 18.6. The molecule has 1 aliphatic heterocycles. The van der Waals surface area contributed by atoms with Crippen LogP contribution in [0, 0.1) is 5.92 Å². The van der Waals surface area contributed by atoms with Crippen LogP contribution in [0.25, 0.3) is 0 Å². The zero-order chi connectivity index (χ0) is 23.1. The summed E-state index contributed by atoms with van der Waals surface area (Å²) in [7, 11) is 0. The maximum Gasteiger partial charge on any atom is 0.410 e. The molecule has 2 atom stereocenters. The van der Waals surface area contributed by atoms with Crippen molar-refractivity contribution in [2.24, 2.45) is 11.7 Å². The van der Waals surface area contributed by atoms with Crippen molar-refractivity contribution in [2.75, 3.05) is 13.1 Å². The zero-order valence-electron chi connectivity index (χ0n) is 18.6. The lowest BCUT2D eigenvalue weighted by atomic mass is 9.97. The Morgan fingerprint density at radius 1 is 1.00 bits per heavy atom. The summed E-state index contributed by atoms with van der Waals surface area (Å²) >= 11 is 0. The average molecular weight is 438 g/mol. The minimum atomic E-state index is -0.761. The first-order valence-corrected chi connectivity index (χ1v) is 11.0. The number of carbonyl (C=O) groups excluding carboxylic acids is 3. The van der Waals surface area contributed by atoms with E-state index in [0.29, 0.717) is 12.8 Å². The molecular weight excluding hydrogens is 406 g/mol. The Morgan fingerprint density at radius 2 is 1.59 bits per heavy atom. The van der Waals surface area contributed by atoms with E-state index in [1.807, 2.05) is 74.5 Å². The molecule has 3 rings (SSSR count). The molecule has 1 aliphatic rings. The fraction of sp³-hybridized carbons (Fsp3) is 0.400. The van der Waals surface area contributed by atoms with Gasteiger partial charge in [-0.25, -0.2) is 4.79 Å². The lowest BCUT2D eigenvalue weighted by Crippen LogP contribution is -2.63. The van der Waals surface area contributed by atoms with Crippen molar-refractivity contribution in [3.8, 4) is 0 Å². The molecule has 0 unspecified atom stereocenters. The van der Waals surface area contributed by atoms with Crippen molar-refractivity contribution in [3.63, 3.8) is 0 Å². The number of hydrogen-bond acceptors (Lipinski definition) is 4. The van der Waals surface area contributed by atoms with Crippen LogP contribution in [0.2, 0.25) is 0 Å². The summed E-state index contributed by atoms with van der Waals surface area (Å²) in [5, 5.41) is 0. The predicted octanol–water partition coefficient (Wildman–Crippen LogP) is 2.98.